The van der Waals surface area contributed by atoms with Crippen LogP contribution in [0.2, 0.25) is 15.1 Å². The molecule has 2 aromatic rings. The molecule has 0 aliphatic carbocycles. The van der Waals surface area contributed by atoms with Gasteiger partial charge >= 0.3 is 0 Å². The Labute approximate surface area is 173 Å². The number of carbonyl (C=O) groups excluding carboxylic acids is 2. The Morgan fingerprint density at radius 2 is 1.81 bits per heavy atom. The SMILES string of the molecule is CNC(=O)[C@H](C)N(Cc1cccc(Cl)c1)C(=O)COc1ccc(Cl)cc1Cl. The molecule has 0 heterocycles. The summed E-state index contributed by atoms with van der Waals surface area (Å²) >= 11 is 17.9. The van der Waals surface area contributed by atoms with Crippen LogP contribution in [-0.4, -0.2) is 36.4 Å². The van der Waals surface area contributed by atoms with Crippen LogP contribution >= 0.6 is 34.8 Å². The van der Waals surface area contributed by atoms with Crippen LogP contribution < -0.4 is 10.1 Å². The standard InChI is InChI=1S/C19H19Cl3N2O3/c1-12(19(26)23-2)24(10-13-4-3-5-14(20)8-13)18(25)11-27-17-7-6-15(21)9-16(17)22/h3-9,12H,10-11H2,1-2H3,(H,23,26)/t12-/m0/s1. The summed E-state index contributed by atoms with van der Waals surface area (Å²) in [6.45, 7) is 1.59. The molecule has 0 unspecified atom stereocenters. The summed E-state index contributed by atoms with van der Waals surface area (Å²) in [5.41, 5.74) is 0.802. The fourth-order valence-corrected chi connectivity index (χ4v) is 3.11. The number of hydrogen-bond donors (Lipinski definition) is 1. The zero-order chi connectivity index (χ0) is 20.0. The zero-order valence-corrected chi connectivity index (χ0v) is 17.1. The molecule has 0 radical (unpaired) electrons. The maximum Gasteiger partial charge on any atom is 0.261 e. The van der Waals surface area contributed by atoms with E-state index in [-0.39, 0.29) is 25.0 Å². The summed E-state index contributed by atoms with van der Waals surface area (Å²) in [5, 5.41) is 3.87. The molecular weight excluding hydrogens is 411 g/mol. The average molecular weight is 430 g/mol. The van der Waals surface area contributed by atoms with Crippen molar-refractivity contribution in [3.63, 3.8) is 0 Å². The van der Waals surface area contributed by atoms with E-state index in [1.165, 1.54) is 18.0 Å². The highest BCUT2D eigenvalue weighted by atomic mass is 35.5. The molecule has 1 N–H and O–H groups in total. The lowest BCUT2D eigenvalue weighted by molar-refractivity contribution is -0.142. The molecule has 1 atom stereocenters. The minimum Gasteiger partial charge on any atom is -0.482 e. The third-order valence-corrected chi connectivity index (χ3v) is 4.67. The highest BCUT2D eigenvalue weighted by molar-refractivity contribution is 6.35. The summed E-state index contributed by atoms with van der Waals surface area (Å²) in [5.74, 6) is -0.309. The molecule has 2 aromatic carbocycles. The van der Waals surface area contributed by atoms with Gasteiger partial charge in [0.2, 0.25) is 5.91 Å². The largest absolute Gasteiger partial charge is 0.482 e. The first-order valence-electron chi connectivity index (χ1n) is 8.15. The molecule has 0 aliphatic heterocycles. The van der Waals surface area contributed by atoms with Crippen LogP contribution in [0, 0.1) is 0 Å². The number of benzene rings is 2. The van der Waals surface area contributed by atoms with Crippen molar-refractivity contribution in [2.75, 3.05) is 13.7 Å². The van der Waals surface area contributed by atoms with Crippen LogP contribution in [0.25, 0.3) is 0 Å². The molecule has 5 nitrogen and oxygen atoms in total. The number of hydrogen-bond acceptors (Lipinski definition) is 3. The van der Waals surface area contributed by atoms with Crippen LogP contribution in [0.5, 0.6) is 5.75 Å². The summed E-state index contributed by atoms with van der Waals surface area (Å²) in [6.07, 6.45) is 0. The first-order chi connectivity index (χ1) is 12.8. The second-order valence-electron chi connectivity index (χ2n) is 5.81. The Morgan fingerprint density at radius 1 is 1.11 bits per heavy atom. The number of halogens is 3. The lowest BCUT2D eigenvalue weighted by Crippen LogP contribution is -2.48. The minimum atomic E-state index is -0.689. The van der Waals surface area contributed by atoms with E-state index in [9.17, 15) is 9.59 Å². The molecule has 8 heteroatoms. The third-order valence-electron chi connectivity index (χ3n) is 3.90. The van der Waals surface area contributed by atoms with E-state index in [0.717, 1.165) is 5.56 Å². The molecule has 0 spiro atoms. The highest BCUT2D eigenvalue weighted by Gasteiger charge is 2.26. The normalized spacial score (nSPS) is 11.6. The number of rotatable bonds is 7. The molecule has 0 aliphatic rings. The van der Waals surface area contributed by atoms with E-state index < -0.39 is 6.04 Å². The fourth-order valence-electron chi connectivity index (χ4n) is 2.44. The Kier molecular flexibility index (Phi) is 7.78. The molecule has 2 rings (SSSR count). The highest BCUT2D eigenvalue weighted by Crippen LogP contribution is 2.27. The van der Waals surface area contributed by atoms with Gasteiger partial charge in [0.05, 0.1) is 5.02 Å². The molecular formula is C19H19Cl3N2O3. The number of carbonyl (C=O) groups is 2. The Balaban J connectivity index is 2.15. The molecule has 27 heavy (non-hydrogen) atoms. The predicted molar refractivity (Wildman–Crippen MR) is 107 cm³/mol. The summed E-state index contributed by atoms with van der Waals surface area (Å²) in [4.78, 5) is 26.3. The van der Waals surface area contributed by atoms with E-state index in [0.29, 0.717) is 20.8 Å². The lowest BCUT2D eigenvalue weighted by atomic mass is 10.1. The second-order valence-corrected chi connectivity index (χ2v) is 7.09. The molecule has 2 amide bonds. The van der Waals surface area contributed by atoms with E-state index >= 15 is 0 Å². The van der Waals surface area contributed by atoms with Gasteiger partial charge in [-0.3, -0.25) is 9.59 Å². The number of amides is 2. The lowest BCUT2D eigenvalue weighted by Gasteiger charge is -2.28. The van der Waals surface area contributed by atoms with Crippen LogP contribution in [-0.2, 0) is 16.1 Å². The van der Waals surface area contributed by atoms with Crippen molar-refractivity contribution in [1.82, 2.24) is 10.2 Å². The third kappa shape index (κ3) is 6.03. The molecule has 0 bridgehead atoms. The zero-order valence-electron chi connectivity index (χ0n) is 14.8. The van der Waals surface area contributed by atoms with Gasteiger partial charge in [-0.15, -0.1) is 0 Å². The summed E-state index contributed by atoms with van der Waals surface area (Å²) in [6, 6.07) is 11.1. The van der Waals surface area contributed by atoms with Gasteiger partial charge in [-0.1, -0.05) is 46.9 Å². The van der Waals surface area contributed by atoms with Crippen LogP contribution in [0.15, 0.2) is 42.5 Å². The fraction of sp³-hybridized carbons (Fsp3) is 0.263. The van der Waals surface area contributed by atoms with Gasteiger partial charge in [-0.2, -0.15) is 0 Å². The number of nitrogens with one attached hydrogen (secondary N) is 1. The molecule has 144 valence electrons. The minimum absolute atomic E-state index is 0.214. The topological polar surface area (TPSA) is 58.6 Å². The second kappa shape index (κ2) is 9.83. The van der Waals surface area contributed by atoms with Crippen molar-refractivity contribution in [2.24, 2.45) is 0 Å². The van der Waals surface area contributed by atoms with Crippen molar-refractivity contribution >= 4 is 46.6 Å². The van der Waals surface area contributed by atoms with Crippen molar-refractivity contribution in [1.29, 1.82) is 0 Å². The molecule has 0 fully saturated rings. The number of nitrogens with zero attached hydrogens (tertiary/aromatic N) is 1. The predicted octanol–water partition coefficient (Wildman–Crippen LogP) is 4.19. The van der Waals surface area contributed by atoms with Crippen LogP contribution in [0.1, 0.15) is 12.5 Å². The first-order valence-corrected chi connectivity index (χ1v) is 9.28. The number of likely N-dealkylation sites (N-methyl/N-ethyl adjacent to an activating group) is 1. The Hall–Kier alpha value is -1.95. The van der Waals surface area contributed by atoms with E-state index in [1.54, 1.807) is 37.3 Å². The Morgan fingerprint density at radius 3 is 2.44 bits per heavy atom. The van der Waals surface area contributed by atoms with Crippen molar-refractivity contribution in [3.05, 3.63) is 63.1 Å². The summed E-state index contributed by atoms with van der Waals surface area (Å²) in [7, 11) is 1.52. The van der Waals surface area contributed by atoms with Crippen molar-refractivity contribution < 1.29 is 14.3 Å². The van der Waals surface area contributed by atoms with Gasteiger partial charge in [0, 0.05) is 23.6 Å². The van der Waals surface area contributed by atoms with Gasteiger partial charge < -0.3 is 15.0 Å². The first kappa shape index (κ1) is 21.4. The van der Waals surface area contributed by atoms with Crippen molar-refractivity contribution in [3.8, 4) is 5.75 Å². The monoisotopic (exact) mass is 428 g/mol. The Bertz CT molecular complexity index is 830. The van der Waals surface area contributed by atoms with Gasteiger partial charge in [-0.25, -0.2) is 0 Å². The van der Waals surface area contributed by atoms with E-state index in [2.05, 4.69) is 5.32 Å². The molecule has 0 aromatic heterocycles. The quantitative estimate of drug-likeness (QED) is 0.718. The van der Waals surface area contributed by atoms with Crippen LogP contribution in [0.3, 0.4) is 0 Å². The van der Waals surface area contributed by atoms with Gasteiger partial charge in [0.15, 0.2) is 6.61 Å². The summed E-state index contributed by atoms with van der Waals surface area (Å²) < 4.78 is 5.52. The van der Waals surface area contributed by atoms with E-state index in [4.69, 9.17) is 39.5 Å². The molecule has 0 saturated carbocycles. The average Bonchev–Trinajstić information content (AvgIpc) is 2.64. The maximum absolute atomic E-state index is 12.8. The maximum atomic E-state index is 12.8. The van der Waals surface area contributed by atoms with E-state index in [1.807, 2.05) is 6.07 Å². The number of ether oxygens (including phenoxy) is 1. The van der Waals surface area contributed by atoms with Gasteiger partial charge in [0.1, 0.15) is 11.8 Å². The molecule has 0 saturated heterocycles. The van der Waals surface area contributed by atoms with Crippen LogP contribution in [0.4, 0.5) is 0 Å². The van der Waals surface area contributed by atoms with Crippen molar-refractivity contribution in [2.45, 2.75) is 19.5 Å². The smallest absolute Gasteiger partial charge is 0.261 e. The van der Waals surface area contributed by atoms with Gasteiger partial charge in [-0.05, 0) is 42.8 Å². The van der Waals surface area contributed by atoms with Gasteiger partial charge in [0.25, 0.3) is 5.91 Å².